The van der Waals surface area contributed by atoms with Gasteiger partial charge in [0, 0.05) is 53.5 Å². The monoisotopic (exact) mass is 634 g/mol. The van der Waals surface area contributed by atoms with Crippen molar-refractivity contribution in [2.24, 2.45) is 5.73 Å². The van der Waals surface area contributed by atoms with Gasteiger partial charge >= 0.3 is 17.9 Å². The van der Waals surface area contributed by atoms with Crippen molar-refractivity contribution in [3.8, 4) is 0 Å². The molecule has 2 heterocycles. The molecular formula is C31H34N6O9. The number of carboxylic acids is 3. The summed E-state index contributed by atoms with van der Waals surface area (Å²) in [4.78, 5) is 80.5. The molecule has 4 aromatic rings. The maximum Gasteiger partial charge on any atom is 0.326 e. The van der Waals surface area contributed by atoms with Gasteiger partial charge in [-0.1, -0.05) is 36.4 Å². The third-order valence-electron chi connectivity index (χ3n) is 7.46. The van der Waals surface area contributed by atoms with Crippen LogP contribution >= 0.6 is 0 Å². The van der Waals surface area contributed by atoms with Crippen molar-refractivity contribution in [1.29, 1.82) is 0 Å². The van der Waals surface area contributed by atoms with Crippen LogP contribution in [0.1, 0.15) is 30.4 Å². The summed E-state index contributed by atoms with van der Waals surface area (Å²) in [6.45, 7) is 0. The lowest BCUT2D eigenvalue weighted by molar-refractivity contribution is -0.143. The second-order valence-electron chi connectivity index (χ2n) is 10.8. The van der Waals surface area contributed by atoms with Gasteiger partial charge in [-0.25, -0.2) is 4.79 Å². The van der Waals surface area contributed by atoms with Gasteiger partial charge in [0.05, 0.1) is 12.5 Å². The highest BCUT2D eigenvalue weighted by atomic mass is 16.4. The topological polar surface area (TPSA) is 257 Å². The Hall–Kier alpha value is -5.70. The largest absolute Gasteiger partial charge is 0.481 e. The molecule has 4 atom stereocenters. The fourth-order valence-corrected chi connectivity index (χ4v) is 5.09. The normalized spacial score (nSPS) is 13.8. The first kappa shape index (κ1) is 33.2. The number of benzene rings is 2. The average molecular weight is 635 g/mol. The maximum absolute atomic E-state index is 13.6. The van der Waals surface area contributed by atoms with E-state index in [1.165, 1.54) is 0 Å². The first-order chi connectivity index (χ1) is 21.9. The van der Waals surface area contributed by atoms with Crippen molar-refractivity contribution in [3.63, 3.8) is 0 Å². The molecule has 0 saturated heterocycles. The summed E-state index contributed by atoms with van der Waals surface area (Å²) < 4.78 is 0. The predicted octanol–water partition coefficient (Wildman–Crippen LogP) is 0.640. The number of nitrogens with one attached hydrogen (secondary N) is 5. The van der Waals surface area contributed by atoms with E-state index in [4.69, 9.17) is 10.8 Å². The Labute approximate surface area is 261 Å². The van der Waals surface area contributed by atoms with Gasteiger partial charge in [-0.2, -0.15) is 0 Å². The SMILES string of the molecule is NC(CC(=O)O)C(=O)NC(Cc1c[nH]c2ccccc12)C(=O)NC(CCC(=O)O)C(=O)NC(Cc1c[nH]c2ccccc12)C(=O)O. The van der Waals surface area contributed by atoms with E-state index in [-0.39, 0.29) is 12.8 Å². The Balaban J connectivity index is 1.56. The molecule has 10 N–H and O–H groups in total. The lowest BCUT2D eigenvalue weighted by Gasteiger charge is -2.25. The number of aliphatic carboxylic acids is 3. The van der Waals surface area contributed by atoms with Gasteiger partial charge in [0.25, 0.3) is 0 Å². The lowest BCUT2D eigenvalue weighted by atomic mass is 10.0. The van der Waals surface area contributed by atoms with Gasteiger partial charge in [-0.3, -0.25) is 24.0 Å². The number of aromatic amines is 2. The number of hydrogen-bond acceptors (Lipinski definition) is 7. The lowest BCUT2D eigenvalue weighted by Crippen LogP contribution is -2.58. The highest BCUT2D eigenvalue weighted by molar-refractivity contribution is 5.96. The van der Waals surface area contributed by atoms with Gasteiger partial charge in [0.15, 0.2) is 0 Å². The number of carboxylic acid groups (broad SMARTS) is 3. The number of amides is 3. The van der Waals surface area contributed by atoms with Crippen molar-refractivity contribution < 1.29 is 44.1 Å². The Morgan fingerprint density at radius 2 is 1.13 bits per heavy atom. The smallest absolute Gasteiger partial charge is 0.326 e. The molecule has 4 rings (SSSR count). The molecule has 0 aliphatic heterocycles. The molecule has 15 nitrogen and oxygen atoms in total. The Morgan fingerprint density at radius 1 is 0.652 bits per heavy atom. The molecule has 46 heavy (non-hydrogen) atoms. The number of aromatic nitrogens is 2. The Kier molecular flexibility index (Phi) is 10.7. The van der Waals surface area contributed by atoms with Crippen LogP contribution in [-0.2, 0) is 41.6 Å². The van der Waals surface area contributed by atoms with E-state index in [0.717, 1.165) is 21.8 Å². The van der Waals surface area contributed by atoms with E-state index >= 15 is 0 Å². The molecule has 4 unspecified atom stereocenters. The summed E-state index contributed by atoms with van der Waals surface area (Å²) in [5, 5.41) is 37.0. The van der Waals surface area contributed by atoms with Gasteiger partial charge in [0.1, 0.15) is 18.1 Å². The van der Waals surface area contributed by atoms with Gasteiger partial charge in [-0.05, 0) is 29.7 Å². The third-order valence-corrected chi connectivity index (χ3v) is 7.46. The minimum Gasteiger partial charge on any atom is -0.481 e. The highest BCUT2D eigenvalue weighted by Crippen LogP contribution is 2.21. The number of carbonyl (C=O) groups is 6. The number of fused-ring (bicyclic) bond motifs is 2. The summed E-state index contributed by atoms with van der Waals surface area (Å²) >= 11 is 0. The van der Waals surface area contributed by atoms with Crippen molar-refractivity contribution in [1.82, 2.24) is 25.9 Å². The number of carbonyl (C=O) groups excluding carboxylic acids is 3. The molecule has 2 aromatic heterocycles. The Morgan fingerprint density at radius 3 is 1.65 bits per heavy atom. The first-order valence-electron chi connectivity index (χ1n) is 14.4. The molecule has 0 bridgehead atoms. The highest BCUT2D eigenvalue weighted by Gasteiger charge is 2.32. The molecule has 0 saturated carbocycles. The number of hydrogen-bond donors (Lipinski definition) is 9. The average Bonchev–Trinajstić information content (AvgIpc) is 3.61. The molecular weight excluding hydrogens is 600 g/mol. The van der Waals surface area contributed by atoms with Crippen LogP contribution < -0.4 is 21.7 Å². The third kappa shape index (κ3) is 8.47. The van der Waals surface area contributed by atoms with E-state index in [1.807, 2.05) is 12.1 Å². The second kappa shape index (κ2) is 14.9. The van der Waals surface area contributed by atoms with E-state index in [2.05, 4.69) is 25.9 Å². The molecule has 0 aliphatic rings. The van der Waals surface area contributed by atoms with Crippen LogP contribution in [0.2, 0.25) is 0 Å². The number of para-hydroxylation sites is 2. The minimum absolute atomic E-state index is 0.104. The van der Waals surface area contributed by atoms with Crippen molar-refractivity contribution in [3.05, 3.63) is 72.1 Å². The zero-order valence-corrected chi connectivity index (χ0v) is 24.5. The first-order valence-corrected chi connectivity index (χ1v) is 14.4. The standard InChI is InChI=1S/C31H34N6O9/c32-20(13-27(40)41)28(42)36-24(11-16-14-33-21-7-3-1-5-18(16)21)30(44)35-23(9-10-26(38)39)29(43)37-25(31(45)46)12-17-15-34-22-8-4-2-6-19(17)22/h1-8,14-15,20,23-25,33-34H,9-13,32H2,(H,35,44)(H,36,42)(H,37,43)(H,38,39)(H,40,41)(H,45,46). The van der Waals surface area contributed by atoms with E-state index in [1.54, 1.807) is 48.8 Å². The number of rotatable bonds is 16. The molecule has 242 valence electrons. The molecule has 15 heteroatoms. The minimum atomic E-state index is -1.50. The zero-order valence-electron chi connectivity index (χ0n) is 24.5. The quantitative estimate of drug-likeness (QED) is 0.0831. The van der Waals surface area contributed by atoms with Crippen LogP contribution in [0.15, 0.2) is 60.9 Å². The predicted molar refractivity (Wildman–Crippen MR) is 165 cm³/mol. The van der Waals surface area contributed by atoms with Gasteiger partial charge in [0.2, 0.25) is 17.7 Å². The summed E-state index contributed by atoms with van der Waals surface area (Å²) in [6, 6.07) is 8.59. The van der Waals surface area contributed by atoms with Crippen molar-refractivity contribution in [2.75, 3.05) is 0 Å². The Bertz CT molecular complexity index is 1760. The van der Waals surface area contributed by atoms with E-state index in [0.29, 0.717) is 11.1 Å². The summed E-state index contributed by atoms with van der Waals surface area (Å²) in [7, 11) is 0. The zero-order chi connectivity index (χ0) is 33.4. The van der Waals surface area contributed by atoms with Crippen molar-refractivity contribution in [2.45, 2.75) is 56.3 Å². The fraction of sp³-hybridized carbons (Fsp3) is 0.290. The van der Waals surface area contributed by atoms with Crippen molar-refractivity contribution >= 4 is 57.4 Å². The van der Waals surface area contributed by atoms with Crippen LogP contribution in [0.25, 0.3) is 21.8 Å². The molecule has 0 fully saturated rings. The van der Waals surface area contributed by atoms with Crippen LogP contribution in [0.5, 0.6) is 0 Å². The van der Waals surface area contributed by atoms with Crippen LogP contribution in [0, 0.1) is 0 Å². The van der Waals surface area contributed by atoms with Gasteiger partial charge in [-0.15, -0.1) is 0 Å². The number of nitrogens with two attached hydrogens (primary N) is 1. The van der Waals surface area contributed by atoms with E-state index in [9.17, 15) is 39.0 Å². The van der Waals surface area contributed by atoms with Crippen LogP contribution in [0.3, 0.4) is 0 Å². The van der Waals surface area contributed by atoms with Gasteiger partial charge < -0.3 is 47.0 Å². The summed E-state index contributed by atoms with van der Waals surface area (Å²) in [5.41, 5.74) is 8.46. The molecule has 0 aliphatic carbocycles. The van der Waals surface area contributed by atoms with Crippen LogP contribution in [0.4, 0.5) is 0 Å². The fourth-order valence-electron chi connectivity index (χ4n) is 5.09. The second-order valence-corrected chi connectivity index (χ2v) is 10.8. The number of H-pyrrole nitrogens is 2. The molecule has 3 amide bonds. The summed E-state index contributed by atoms with van der Waals surface area (Å²) in [6.07, 6.45) is 1.41. The molecule has 2 aromatic carbocycles. The maximum atomic E-state index is 13.6. The summed E-state index contributed by atoms with van der Waals surface area (Å²) in [5.74, 6) is -6.70. The molecule has 0 radical (unpaired) electrons. The van der Waals surface area contributed by atoms with E-state index < -0.39 is 79.1 Å². The molecule has 0 spiro atoms. The van der Waals surface area contributed by atoms with Crippen LogP contribution in [-0.4, -0.2) is 85.1 Å².